The number of hydrogen-bond acceptors (Lipinski definition) is 5. The Balaban J connectivity index is 1.57. The summed E-state index contributed by atoms with van der Waals surface area (Å²) in [5.74, 6) is 0.0557. The van der Waals surface area contributed by atoms with E-state index in [9.17, 15) is 9.18 Å². The number of nitrogens with zero attached hydrogens (tertiary/aromatic N) is 4. The van der Waals surface area contributed by atoms with Crippen LogP contribution in [0.4, 0.5) is 10.3 Å². The molecular weight excluding hydrogens is 321 g/mol. The molecule has 2 heterocycles. The fourth-order valence-corrected chi connectivity index (χ4v) is 2.74. The standard InChI is InChI=1S/C18H22FN5O/c1-23-10-12-24(13-11-23)18-21-9-7-16(22-18)17(25)20-8-6-14-4-2-3-5-15(14)19/h2-5,7,9H,6,8,10-13H2,1H3,(H,20,25). The summed E-state index contributed by atoms with van der Waals surface area (Å²) in [6.07, 6.45) is 2.04. The van der Waals surface area contributed by atoms with E-state index in [1.165, 1.54) is 6.07 Å². The highest BCUT2D eigenvalue weighted by molar-refractivity contribution is 5.92. The Morgan fingerprint density at radius 2 is 1.96 bits per heavy atom. The molecule has 25 heavy (non-hydrogen) atoms. The summed E-state index contributed by atoms with van der Waals surface area (Å²) in [4.78, 5) is 25.3. The van der Waals surface area contributed by atoms with Gasteiger partial charge in [-0.2, -0.15) is 0 Å². The lowest BCUT2D eigenvalue weighted by molar-refractivity contribution is 0.0949. The molecule has 0 spiro atoms. The molecule has 1 aliphatic heterocycles. The molecule has 1 amide bonds. The monoisotopic (exact) mass is 343 g/mol. The van der Waals surface area contributed by atoms with Crippen molar-refractivity contribution in [2.24, 2.45) is 0 Å². The van der Waals surface area contributed by atoms with Crippen LogP contribution in [0.15, 0.2) is 36.5 Å². The first-order valence-corrected chi connectivity index (χ1v) is 8.41. The summed E-state index contributed by atoms with van der Waals surface area (Å²) in [6, 6.07) is 8.17. The van der Waals surface area contributed by atoms with E-state index in [1.54, 1.807) is 30.5 Å². The first kappa shape index (κ1) is 17.3. The van der Waals surface area contributed by atoms with Crippen molar-refractivity contribution in [2.45, 2.75) is 6.42 Å². The quantitative estimate of drug-likeness (QED) is 0.888. The van der Waals surface area contributed by atoms with E-state index in [0.717, 1.165) is 26.2 Å². The molecule has 2 aromatic rings. The Morgan fingerprint density at radius 3 is 2.72 bits per heavy atom. The van der Waals surface area contributed by atoms with Gasteiger partial charge in [-0.3, -0.25) is 4.79 Å². The highest BCUT2D eigenvalue weighted by Gasteiger charge is 2.18. The first-order valence-electron chi connectivity index (χ1n) is 8.41. The fraction of sp³-hybridized carbons (Fsp3) is 0.389. The molecule has 1 aliphatic rings. The maximum atomic E-state index is 13.6. The Hall–Kier alpha value is -2.54. The van der Waals surface area contributed by atoms with E-state index in [4.69, 9.17) is 0 Å². The molecule has 0 saturated carbocycles. The number of amides is 1. The Labute approximate surface area is 146 Å². The SMILES string of the molecule is CN1CCN(c2nccc(C(=O)NCCc3ccccc3F)n2)CC1. The maximum absolute atomic E-state index is 13.6. The van der Waals surface area contributed by atoms with Crippen molar-refractivity contribution in [3.05, 3.63) is 53.6 Å². The topological polar surface area (TPSA) is 61.4 Å². The van der Waals surface area contributed by atoms with Gasteiger partial charge in [-0.15, -0.1) is 0 Å². The predicted molar refractivity (Wildman–Crippen MR) is 94.2 cm³/mol. The van der Waals surface area contributed by atoms with Gasteiger partial charge in [0.1, 0.15) is 11.5 Å². The molecule has 0 atom stereocenters. The third-order valence-electron chi connectivity index (χ3n) is 4.30. The van der Waals surface area contributed by atoms with E-state index in [1.807, 2.05) is 0 Å². The van der Waals surface area contributed by atoms with Gasteiger partial charge < -0.3 is 15.1 Å². The molecule has 1 saturated heterocycles. The number of benzene rings is 1. The summed E-state index contributed by atoms with van der Waals surface area (Å²) in [5.41, 5.74) is 0.918. The number of halogens is 1. The lowest BCUT2D eigenvalue weighted by Crippen LogP contribution is -2.45. The molecule has 7 heteroatoms. The van der Waals surface area contributed by atoms with Crippen LogP contribution in [-0.2, 0) is 6.42 Å². The van der Waals surface area contributed by atoms with Crippen molar-refractivity contribution >= 4 is 11.9 Å². The number of carbonyl (C=O) groups excluding carboxylic acids is 1. The Morgan fingerprint density at radius 1 is 1.20 bits per heavy atom. The van der Waals surface area contributed by atoms with Gasteiger partial charge >= 0.3 is 0 Å². The molecule has 1 fully saturated rings. The molecule has 1 aromatic heterocycles. The van der Waals surface area contributed by atoms with Crippen molar-refractivity contribution < 1.29 is 9.18 Å². The van der Waals surface area contributed by atoms with E-state index in [0.29, 0.717) is 30.2 Å². The molecule has 0 bridgehead atoms. The molecular formula is C18H22FN5O. The average molecular weight is 343 g/mol. The minimum absolute atomic E-state index is 0.254. The van der Waals surface area contributed by atoms with E-state index < -0.39 is 0 Å². The number of rotatable bonds is 5. The lowest BCUT2D eigenvalue weighted by Gasteiger charge is -2.32. The van der Waals surface area contributed by atoms with E-state index in [-0.39, 0.29) is 11.7 Å². The second-order valence-electron chi connectivity index (χ2n) is 6.13. The van der Waals surface area contributed by atoms with Crippen molar-refractivity contribution in [1.82, 2.24) is 20.2 Å². The summed E-state index contributed by atoms with van der Waals surface area (Å²) < 4.78 is 13.6. The summed E-state index contributed by atoms with van der Waals surface area (Å²) in [5, 5.41) is 2.79. The molecule has 0 unspecified atom stereocenters. The Kier molecular flexibility index (Phi) is 5.55. The molecule has 132 valence electrons. The predicted octanol–water partition coefficient (Wildman–Crippen LogP) is 1.34. The van der Waals surface area contributed by atoms with Gasteiger partial charge in [-0.25, -0.2) is 14.4 Å². The van der Waals surface area contributed by atoms with Crippen molar-refractivity contribution in [3.63, 3.8) is 0 Å². The zero-order valence-corrected chi connectivity index (χ0v) is 14.3. The summed E-state index contributed by atoms with van der Waals surface area (Å²) in [7, 11) is 2.08. The molecule has 0 aliphatic carbocycles. The van der Waals surface area contributed by atoms with Gasteiger partial charge in [0.25, 0.3) is 5.91 Å². The highest BCUT2D eigenvalue weighted by atomic mass is 19.1. The van der Waals surface area contributed by atoms with Crippen molar-refractivity contribution in [2.75, 3.05) is 44.7 Å². The van der Waals surface area contributed by atoms with Crippen LogP contribution < -0.4 is 10.2 Å². The zero-order valence-electron chi connectivity index (χ0n) is 14.3. The third-order valence-corrected chi connectivity index (χ3v) is 4.30. The number of likely N-dealkylation sites (N-methyl/N-ethyl adjacent to an activating group) is 1. The number of hydrogen-bond donors (Lipinski definition) is 1. The van der Waals surface area contributed by atoms with Crippen LogP contribution in [0.1, 0.15) is 16.1 Å². The Bertz CT molecular complexity index is 731. The van der Waals surface area contributed by atoms with Crippen LogP contribution in [0.25, 0.3) is 0 Å². The van der Waals surface area contributed by atoms with E-state index >= 15 is 0 Å². The van der Waals surface area contributed by atoms with Crippen LogP contribution in [0.5, 0.6) is 0 Å². The van der Waals surface area contributed by atoms with Crippen LogP contribution in [0, 0.1) is 5.82 Å². The van der Waals surface area contributed by atoms with E-state index in [2.05, 4.69) is 32.1 Å². The van der Waals surface area contributed by atoms with Crippen molar-refractivity contribution in [1.29, 1.82) is 0 Å². The minimum atomic E-state index is -0.269. The zero-order chi connectivity index (χ0) is 17.6. The van der Waals surface area contributed by atoms with Crippen LogP contribution >= 0.6 is 0 Å². The molecule has 1 aromatic carbocycles. The molecule has 3 rings (SSSR count). The minimum Gasteiger partial charge on any atom is -0.350 e. The molecule has 0 radical (unpaired) electrons. The summed E-state index contributed by atoms with van der Waals surface area (Å²) >= 11 is 0. The van der Waals surface area contributed by atoms with Gasteiger partial charge in [0.05, 0.1) is 0 Å². The molecule has 1 N–H and O–H groups in total. The lowest BCUT2D eigenvalue weighted by atomic mass is 10.1. The largest absolute Gasteiger partial charge is 0.350 e. The number of nitrogens with one attached hydrogen (secondary N) is 1. The van der Waals surface area contributed by atoms with Crippen LogP contribution in [0.2, 0.25) is 0 Å². The van der Waals surface area contributed by atoms with Crippen LogP contribution in [-0.4, -0.2) is 60.5 Å². The second-order valence-corrected chi connectivity index (χ2v) is 6.13. The average Bonchev–Trinajstić information content (AvgIpc) is 2.64. The highest BCUT2D eigenvalue weighted by Crippen LogP contribution is 2.11. The van der Waals surface area contributed by atoms with Gasteiger partial charge in [0.2, 0.25) is 5.95 Å². The number of aromatic nitrogens is 2. The number of piperazine rings is 1. The van der Waals surface area contributed by atoms with Gasteiger partial charge in [-0.1, -0.05) is 18.2 Å². The second kappa shape index (κ2) is 8.02. The van der Waals surface area contributed by atoms with Crippen molar-refractivity contribution in [3.8, 4) is 0 Å². The van der Waals surface area contributed by atoms with Gasteiger partial charge in [0, 0.05) is 38.9 Å². The number of carbonyl (C=O) groups is 1. The summed E-state index contributed by atoms with van der Waals surface area (Å²) in [6.45, 7) is 3.93. The number of anilines is 1. The maximum Gasteiger partial charge on any atom is 0.270 e. The molecule has 6 nitrogen and oxygen atoms in total. The van der Waals surface area contributed by atoms with Crippen LogP contribution in [0.3, 0.4) is 0 Å². The first-order chi connectivity index (χ1) is 12.1. The van der Waals surface area contributed by atoms with Gasteiger partial charge in [-0.05, 0) is 31.2 Å². The third kappa shape index (κ3) is 4.51. The fourth-order valence-electron chi connectivity index (χ4n) is 2.74. The normalized spacial score (nSPS) is 15.2. The smallest absolute Gasteiger partial charge is 0.270 e. The van der Waals surface area contributed by atoms with Gasteiger partial charge in [0.15, 0.2) is 0 Å².